The number of likely N-dealkylation sites (N-methyl/N-ethyl adjacent to an activating group) is 1. The van der Waals surface area contributed by atoms with Crippen LogP contribution in [0.2, 0.25) is 0 Å². The maximum atomic E-state index is 12.3. The average Bonchev–Trinajstić information content (AvgIpc) is 2.74. The first-order valence-electron chi connectivity index (χ1n) is 10.7. The van der Waals surface area contributed by atoms with Crippen LogP contribution >= 0.6 is 0 Å². The molecule has 7 nitrogen and oxygen atoms in total. The summed E-state index contributed by atoms with van der Waals surface area (Å²) < 4.78 is 5.47. The molecule has 0 atom stereocenters. The maximum Gasteiger partial charge on any atom is 0.227 e. The van der Waals surface area contributed by atoms with E-state index in [1.165, 1.54) is 0 Å². The van der Waals surface area contributed by atoms with Crippen molar-refractivity contribution in [3.8, 4) is 0 Å². The normalized spacial score (nSPS) is 20.3. The fraction of sp³-hybridized carbons (Fsp3) is 0.522. The number of fused-ring (bicyclic) bond motifs is 1. The topological polar surface area (TPSA) is 85.7 Å². The molecule has 2 N–H and O–H groups in total. The van der Waals surface area contributed by atoms with Crippen molar-refractivity contribution in [2.45, 2.75) is 45.2 Å². The average molecular weight is 411 g/mol. The van der Waals surface area contributed by atoms with Crippen molar-refractivity contribution in [1.82, 2.24) is 15.1 Å². The highest BCUT2D eigenvalue weighted by molar-refractivity contribution is 6.13. The lowest BCUT2D eigenvalue weighted by molar-refractivity contribution is -0.130. The predicted molar refractivity (Wildman–Crippen MR) is 114 cm³/mol. The molecule has 160 valence electrons. The van der Waals surface area contributed by atoms with Crippen molar-refractivity contribution in [1.29, 1.82) is 5.41 Å². The van der Waals surface area contributed by atoms with Crippen LogP contribution < -0.4 is 5.32 Å². The van der Waals surface area contributed by atoms with Crippen LogP contribution in [-0.2, 0) is 27.3 Å². The van der Waals surface area contributed by atoms with E-state index in [0.29, 0.717) is 44.2 Å². The Labute approximate surface area is 177 Å². The van der Waals surface area contributed by atoms with E-state index in [9.17, 15) is 9.59 Å². The summed E-state index contributed by atoms with van der Waals surface area (Å²) in [5, 5.41) is 12.7. The number of benzene rings is 1. The number of carbonyl (C=O) groups excluding carboxylic acids is 2. The van der Waals surface area contributed by atoms with Gasteiger partial charge < -0.3 is 19.9 Å². The van der Waals surface area contributed by atoms with Gasteiger partial charge in [0.1, 0.15) is 0 Å². The number of hydrogen-bond acceptors (Lipinski definition) is 5. The van der Waals surface area contributed by atoms with Crippen molar-refractivity contribution in [3.63, 3.8) is 0 Å². The number of nitrogens with one attached hydrogen (secondary N) is 2. The van der Waals surface area contributed by atoms with Gasteiger partial charge in [0.2, 0.25) is 11.8 Å². The van der Waals surface area contributed by atoms with E-state index in [0.717, 1.165) is 54.0 Å². The highest BCUT2D eigenvalue weighted by atomic mass is 16.5. The van der Waals surface area contributed by atoms with Crippen LogP contribution in [-0.4, -0.2) is 66.7 Å². The summed E-state index contributed by atoms with van der Waals surface area (Å²) in [7, 11) is 1.81. The van der Waals surface area contributed by atoms with Gasteiger partial charge in [-0.1, -0.05) is 18.2 Å². The molecule has 1 fully saturated rings. The first kappa shape index (κ1) is 20.6. The Hall–Kier alpha value is -2.67. The van der Waals surface area contributed by atoms with Gasteiger partial charge in [-0.25, -0.2) is 0 Å². The van der Waals surface area contributed by atoms with Crippen LogP contribution in [0.25, 0.3) is 0 Å². The van der Waals surface area contributed by atoms with Crippen LogP contribution in [0, 0.1) is 5.41 Å². The van der Waals surface area contributed by atoms with E-state index in [1.807, 2.05) is 25.2 Å². The Morgan fingerprint density at radius 3 is 2.73 bits per heavy atom. The van der Waals surface area contributed by atoms with E-state index < -0.39 is 0 Å². The van der Waals surface area contributed by atoms with Crippen LogP contribution in [0.15, 0.2) is 29.5 Å². The molecule has 0 bridgehead atoms. The minimum atomic E-state index is 0.0253. The number of ether oxygens (including phenoxy) is 1. The monoisotopic (exact) mass is 410 g/mol. The minimum absolute atomic E-state index is 0.0253. The number of amides is 2. The molecule has 4 rings (SSSR count). The third-order valence-corrected chi connectivity index (χ3v) is 6.40. The van der Waals surface area contributed by atoms with Crippen molar-refractivity contribution in [2.75, 3.05) is 33.4 Å². The molecule has 0 radical (unpaired) electrons. The zero-order valence-corrected chi connectivity index (χ0v) is 17.8. The molecule has 0 aromatic heterocycles. The molecule has 3 aliphatic heterocycles. The molecule has 0 unspecified atom stereocenters. The van der Waals surface area contributed by atoms with Gasteiger partial charge in [-0.2, -0.15) is 0 Å². The smallest absolute Gasteiger partial charge is 0.227 e. The van der Waals surface area contributed by atoms with Gasteiger partial charge in [-0.05, 0) is 24.0 Å². The van der Waals surface area contributed by atoms with E-state index in [2.05, 4.69) is 5.32 Å². The van der Waals surface area contributed by atoms with Gasteiger partial charge in [-0.3, -0.25) is 15.0 Å². The van der Waals surface area contributed by atoms with E-state index >= 15 is 0 Å². The summed E-state index contributed by atoms with van der Waals surface area (Å²) in [5.41, 5.74) is 5.19. The van der Waals surface area contributed by atoms with Gasteiger partial charge in [0.05, 0.1) is 12.1 Å². The molecular formula is C23H30N4O3. The van der Waals surface area contributed by atoms with Gasteiger partial charge >= 0.3 is 0 Å². The summed E-state index contributed by atoms with van der Waals surface area (Å²) in [6.45, 7) is 4.74. The first-order chi connectivity index (χ1) is 14.4. The second-order valence-corrected chi connectivity index (χ2v) is 8.42. The van der Waals surface area contributed by atoms with Crippen LogP contribution in [0.4, 0.5) is 0 Å². The fourth-order valence-corrected chi connectivity index (χ4v) is 4.53. The summed E-state index contributed by atoms with van der Waals surface area (Å²) in [6.07, 6.45) is 2.92. The van der Waals surface area contributed by atoms with Crippen LogP contribution in [0.3, 0.4) is 0 Å². The Morgan fingerprint density at radius 2 is 2.00 bits per heavy atom. The molecule has 0 saturated carbocycles. The molecule has 1 saturated heterocycles. The fourth-order valence-electron chi connectivity index (χ4n) is 4.53. The molecular weight excluding hydrogens is 380 g/mol. The highest BCUT2D eigenvalue weighted by Crippen LogP contribution is 2.28. The SMILES string of the molecule is CC(=O)N1CCC(NC2CCOCC2)=C(C(=N)c2cccc3c2CC(=O)N(C)C3)C1. The molecule has 7 heteroatoms. The molecule has 2 amide bonds. The summed E-state index contributed by atoms with van der Waals surface area (Å²) in [5.74, 6) is 0.101. The lowest BCUT2D eigenvalue weighted by Gasteiger charge is -2.34. The Kier molecular flexibility index (Phi) is 5.90. The van der Waals surface area contributed by atoms with Gasteiger partial charge in [0.15, 0.2) is 0 Å². The van der Waals surface area contributed by atoms with Crippen molar-refractivity contribution in [3.05, 3.63) is 46.2 Å². The quantitative estimate of drug-likeness (QED) is 0.742. The van der Waals surface area contributed by atoms with E-state index in [-0.39, 0.29) is 11.8 Å². The highest BCUT2D eigenvalue weighted by Gasteiger charge is 2.29. The zero-order chi connectivity index (χ0) is 21.3. The molecule has 1 aromatic rings. The number of carbonyl (C=O) groups is 2. The maximum absolute atomic E-state index is 12.3. The number of hydrogen-bond donors (Lipinski definition) is 2. The molecule has 30 heavy (non-hydrogen) atoms. The Bertz CT molecular complexity index is 902. The van der Waals surface area contributed by atoms with Crippen LogP contribution in [0.1, 0.15) is 42.9 Å². The predicted octanol–water partition coefficient (Wildman–Crippen LogP) is 1.84. The molecule has 1 aromatic carbocycles. The Balaban J connectivity index is 1.68. The number of nitrogens with zero attached hydrogens (tertiary/aromatic N) is 2. The van der Waals surface area contributed by atoms with E-state index in [1.54, 1.807) is 16.7 Å². The first-order valence-corrected chi connectivity index (χ1v) is 10.7. The van der Waals surface area contributed by atoms with Gasteiger partial charge in [0, 0.05) is 76.1 Å². The largest absolute Gasteiger partial charge is 0.385 e. The second kappa shape index (κ2) is 8.60. The molecule has 0 spiro atoms. The van der Waals surface area contributed by atoms with Crippen molar-refractivity contribution in [2.24, 2.45) is 0 Å². The van der Waals surface area contributed by atoms with E-state index in [4.69, 9.17) is 10.1 Å². The summed E-state index contributed by atoms with van der Waals surface area (Å²) in [4.78, 5) is 27.9. The summed E-state index contributed by atoms with van der Waals surface area (Å²) in [6, 6.07) is 6.27. The zero-order valence-electron chi connectivity index (χ0n) is 17.8. The lowest BCUT2D eigenvalue weighted by Crippen LogP contribution is -2.43. The van der Waals surface area contributed by atoms with Gasteiger partial charge in [-0.15, -0.1) is 0 Å². The van der Waals surface area contributed by atoms with Gasteiger partial charge in [0.25, 0.3) is 0 Å². The molecule has 0 aliphatic carbocycles. The Morgan fingerprint density at radius 1 is 1.23 bits per heavy atom. The summed E-state index contributed by atoms with van der Waals surface area (Å²) >= 11 is 0. The number of rotatable bonds is 4. The molecule has 3 heterocycles. The second-order valence-electron chi connectivity index (χ2n) is 8.42. The third kappa shape index (κ3) is 4.12. The standard InChI is InChI=1S/C23H30N4O3/c1-15(28)27-9-6-21(25-17-7-10-30-11-8-17)20(14-27)23(24)18-5-3-4-16-13-26(2)22(29)12-19(16)18/h3-5,17,24-25H,6-14H2,1-2H3. The third-order valence-electron chi connectivity index (χ3n) is 6.40. The lowest BCUT2D eigenvalue weighted by atomic mass is 9.87. The van der Waals surface area contributed by atoms with Crippen LogP contribution in [0.5, 0.6) is 0 Å². The minimum Gasteiger partial charge on any atom is -0.385 e. The molecule has 3 aliphatic rings. The van der Waals surface area contributed by atoms with Crippen molar-refractivity contribution < 1.29 is 14.3 Å². The van der Waals surface area contributed by atoms with Crippen molar-refractivity contribution >= 4 is 17.5 Å².